The third-order valence-corrected chi connectivity index (χ3v) is 4.95. The predicted molar refractivity (Wildman–Crippen MR) is 115 cm³/mol. The smallest absolute Gasteiger partial charge is 0.143 e. The van der Waals surface area contributed by atoms with E-state index in [0.717, 1.165) is 16.8 Å². The minimum absolute atomic E-state index is 0.373. The van der Waals surface area contributed by atoms with Gasteiger partial charge < -0.3 is 10.1 Å². The van der Waals surface area contributed by atoms with E-state index in [-0.39, 0.29) is 0 Å². The average molecular weight is 421 g/mol. The molecule has 3 rings (SSSR count). The van der Waals surface area contributed by atoms with E-state index in [1.807, 2.05) is 30.3 Å². The molecule has 0 spiro atoms. The second-order valence-electron chi connectivity index (χ2n) is 6.47. The minimum atomic E-state index is 0.373. The van der Waals surface area contributed by atoms with Gasteiger partial charge in [0.15, 0.2) is 0 Å². The molecule has 0 aliphatic carbocycles. The first-order valence-electron chi connectivity index (χ1n) is 8.58. The molecule has 0 aliphatic heterocycles. The quantitative estimate of drug-likeness (QED) is 0.447. The molecule has 0 aliphatic rings. The van der Waals surface area contributed by atoms with E-state index in [4.69, 9.17) is 39.5 Å². The number of aryl methyl sites for hydroxylation is 2. The van der Waals surface area contributed by atoms with Crippen LogP contribution in [-0.2, 0) is 13.2 Å². The molecule has 27 heavy (non-hydrogen) atoms. The molecule has 3 aromatic rings. The highest BCUT2D eigenvalue weighted by atomic mass is 35.5. The van der Waals surface area contributed by atoms with E-state index in [1.165, 1.54) is 11.1 Å². The molecule has 0 aromatic heterocycles. The van der Waals surface area contributed by atoms with E-state index in [0.29, 0.717) is 34.0 Å². The Bertz CT molecular complexity index is 956. The summed E-state index contributed by atoms with van der Waals surface area (Å²) in [6, 6.07) is 17.4. The van der Waals surface area contributed by atoms with Gasteiger partial charge in [0.25, 0.3) is 0 Å². The van der Waals surface area contributed by atoms with E-state index in [1.54, 1.807) is 6.07 Å². The third kappa shape index (κ3) is 5.32. The van der Waals surface area contributed by atoms with Crippen LogP contribution < -0.4 is 10.1 Å². The summed E-state index contributed by atoms with van der Waals surface area (Å²) in [5, 5.41) is 5.19. The van der Waals surface area contributed by atoms with Crippen LogP contribution in [0, 0.1) is 13.8 Å². The number of hydrogen-bond acceptors (Lipinski definition) is 2. The van der Waals surface area contributed by atoms with Crippen molar-refractivity contribution in [3.05, 3.63) is 91.9 Å². The first kappa shape index (κ1) is 19.9. The average Bonchev–Trinajstić information content (AvgIpc) is 2.61. The summed E-state index contributed by atoms with van der Waals surface area (Å²) in [6.07, 6.45) is 0. The highest BCUT2D eigenvalue weighted by Crippen LogP contribution is 2.34. The van der Waals surface area contributed by atoms with Crippen molar-refractivity contribution in [2.24, 2.45) is 0 Å². The first-order chi connectivity index (χ1) is 12.9. The maximum atomic E-state index is 6.41. The molecule has 140 valence electrons. The van der Waals surface area contributed by atoms with Gasteiger partial charge in [0, 0.05) is 27.8 Å². The molecule has 0 bridgehead atoms. The molecule has 0 saturated carbocycles. The molecule has 5 heteroatoms. The molecule has 0 heterocycles. The molecule has 2 nitrogen and oxygen atoms in total. The van der Waals surface area contributed by atoms with Crippen LogP contribution >= 0.6 is 34.8 Å². The predicted octanol–water partition coefficient (Wildman–Crippen LogP) is 7.45. The van der Waals surface area contributed by atoms with Crippen LogP contribution in [0.5, 0.6) is 5.75 Å². The molecular formula is C22H20Cl3NO. The Morgan fingerprint density at radius 2 is 1.70 bits per heavy atom. The number of benzene rings is 3. The highest BCUT2D eigenvalue weighted by molar-refractivity contribution is 6.35. The zero-order chi connectivity index (χ0) is 19.4. The molecule has 0 radical (unpaired) electrons. The van der Waals surface area contributed by atoms with Crippen LogP contribution in [0.15, 0.2) is 54.6 Å². The van der Waals surface area contributed by atoms with Gasteiger partial charge in [-0.25, -0.2) is 0 Å². The van der Waals surface area contributed by atoms with Gasteiger partial charge in [-0.3, -0.25) is 0 Å². The Balaban J connectivity index is 1.80. The van der Waals surface area contributed by atoms with Gasteiger partial charge in [0.1, 0.15) is 12.4 Å². The second kappa shape index (κ2) is 8.88. The Kier molecular flexibility index (Phi) is 6.54. The topological polar surface area (TPSA) is 21.3 Å². The van der Waals surface area contributed by atoms with Crippen LogP contribution in [0.1, 0.15) is 22.3 Å². The number of halogens is 3. The lowest BCUT2D eigenvalue weighted by Gasteiger charge is -2.16. The number of hydrogen-bond donors (Lipinski definition) is 1. The van der Waals surface area contributed by atoms with Gasteiger partial charge >= 0.3 is 0 Å². The largest absolute Gasteiger partial charge is 0.487 e. The van der Waals surface area contributed by atoms with Crippen molar-refractivity contribution in [2.45, 2.75) is 27.0 Å². The maximum Gasteiger partial charge on any atom is 0.143 e. The van der Waals surface area contributed by atoms with Crippen LogP contribution in [0.2, 0.25) is 15.1 Å². The van der Waals surface area contributed by atoms with Gasteiger partial charge in [-0.05, 0) is 60.9 Å². The lowest BCUT2D eigenvalue weighted by Crippen LogP contribution is -2.05. The van der Waals surface area contributed by atoms with Crippen molar-refractivity contribution >= 4 is 40.5 Å². The van der Waals surface area contributed by atoms with Crippen molar-refractivity contribution in [1.29, 1.82) is 0 Å². The number of anilines is 1. The fourth-order valence-electron chi connectivity index (χ4n) is 2.81. The Morgan fingerprint density at radius 1 is 0.889 bits per heavy atom. The Morgan fingerprint density at radius 3 is 2.48 bits per heavy atom. The molecule has 0 amide bonds. The van der Waals surface area contributed by atoms with Crippen molar-refractivity contribution in [3.63, 3.8) is 0 Å². The molecule has 0 unspecified atom stereocenters. The summed E-state index contributed by atoms with van der Waals surface area (Å²) in [6.45, 7) is 5.07. The van der Waals surface area contributed by atoms with Crippen LogP contribution in [-0.4, -0.2) is 0 Å². The summed E-state index contributed by atoms with van der Waals surface area (Å²) in [5.41, 5.74) is 5.32. The lowest BCUT2D eigenvalue weighted by molar-refractivity contribution is 0.303. The fourth-order valence-corrected chi connectivity index (χ4v) is 3.61. The fraction of sp³-hybridized carbons (Fsp3) is 0.182. The van der Waals surface area contributed by atoms with E-state index in [2.05, 4.69) is 37.4 Å². The second-order valence-corrected chi connectivity index (χ2v) is 7.75. The first-order valence-corrected chi connectivity index (χ1v) is 9.72. The van der Waals surface area contributed by atoms with Gasteiger partial charge in [-0.1, -0.05) is 59.1 Å². The number of ether oxygens (including phenoxy) is 1. The van der Waals surface area contributed by atoms with Crippen molar-refractivity contribution in [3.8, 4) is 5.75 Å². The monoisotopic (exact) mass is 419 g/mol. The highest BCUT2D eigenvalue weighted by Gasteiger charge is 2.12. The summed E-state index contributed by atoms with van der Waals surface area (Å²) < 4.78 is 6.02. The van der Waals surface area contributed by atoms with E-state index in [9.17, 15) is 0 Å². The van der Waals surface area contributed by atoms with Gasteiger partial charge in [0.2, 0.25) is 0 Å². The van der Waals surface area contributed by atoms with E-state index >= 15 is 0 Å². The van der Waals surface area contributed by atoms with Crippen molar-refractivity contribution in [2.75, 3.05) is 5.32 Å². The maximum absolute atomic E-state index is 6.41. The summed E-state index contributed by atoms with van der Waals surface area (Å²) in [4.78, 5) is 0. The van der Waals surface area contributed by atoms with Crippen molar-refractivity contribution < 1.29 is 4.74 Å². The zero-order valence-electron chi connectivity index (χ0n) is 15.2. The molecule has 3 aromatic carbocycles. The number of rotatable bonds is 6. The lowest BCUT2D eigenvalue weighted by atomic mass is 10.1. The zero-order valence-corrected chi connectivity index (χ0v) is 17.4. The molecule has 0 saturated heterocycles. The number of nitrogens with one attached hydrogen (secondary N) is 1. The van der Waals surface area contributed by atoms with Crippen LogP contribution in [0.4, 0.5) is 5.69 Å². The van der Waals surface area contributed by atoms with Gasteiger partial charge in [0.05, 0.1) is 5.02 Å². The summed E-state index contributed by atoms with van der Waals surface area (Å²) in [5.74, 6) is 0.624. The molecule has 1 N–H and O–H groups in total. The van der Waals surface area contributed by atoms with E-state index < -0.39 is 0 Å². The summed E-state index contributed by atoms with van der Waals surface area (Å²) in [7, 11) is 0. The van der Waals surface area contributed by atoms with Crippen LogP contribution in [0.25, 0.3) is 0 Å². The standard InChI is InChI=1S/C22H20Cl3NO/c1-14-6-7-15(2)21(8-14)26-12-17-10-19(24)11-20(25)22(17)27-13-16-4-3-5-18(23)9-16/h3-11,26H,12-13H2,1-2H3. The minimum Gasteiger partial charge on any atom is -0.487 e. The SMILES string of the molecule is Cc1ccc(C)c(NCc2cc(Cl)cc(Cl)c2OCc2cccc(Cl)c2)c1. The van der Waals surface area contributed by atoms with Crippen molar-refractivity contribution in [1.82, 2.24) is 0 Å². The Labute approximate surface area is 175 Å². The molecular weight excluding hydrogens is 401 g/mol. The van der Waals surface area contributed by atoms with Crippen LogP contribution in [0.3, 0.4) is 0 Å². The van der Waals surface area contributed by atoms with Gasteiger partial charge in [-0.15, -0.1) is 0 Å². The molecule has 0 fully saturated rings. The third-order valence-electron chi connectivity index (χ3n) is 4.22. The van der Waals surface area contributed by atoms with Gasteiger partial charge in [-0.2, -0.15) is 0 Å². The Hall–Kier alpha value is -1.87. The normalized spacial score (nSPS) is 10.7. The summed E-state index contributed by atoms with van der Waals surface area (Å²) >= 11 is 18.7. The molecule has 0 atom stereocenters.